The van der Waals surface area contributed by atoms with Crippen molar-refractivity contribution in [2.45, 2.75) is 19.8 Å². The molecule has 0 atom stereocenters. The third-order valence-corrected chi connectivity index (χ3v) is 4.06. The van der Waals surface area contributed by atoms with Crippen molar-refractivity contribution >= 4 is 11.9 Å². The van der Waals surface area contributed by atoms with Gasteiger partial charge in [-0.1, -0.05) is 13.0 Å². The highest BCUT2D eigenvalue weighted by Crippen LogP contribution is 2.18. The summed E-state index contributed by atoms with van der Waals surface area (Å²) in [7, 11) is 0. The number of aryl methyl sites for hydroxylation is 1. The summed E-state index contributed by atoms with van der Waals surface area (Å²) in [5.41, 5.74) is 4.43. The SMILES string of the molecule is CCc1c(Cc2ccnn2-c2cccc(C=N)n2)ncn2ncnc12. The Morgan fingerprint density at radius 3 is 2.92 bits per heavy atom. The quantitative estimate of drug-likeness (QED) is 0.563. The van der Waals surface area contributed by atoms with Crippen LogP contribution in [0.3, 0.4) is 0 Å². The summed E-state index contributed by atoms with van der Waals surface area (Å²) in [6.07, 6.45) is 7.63. The highest BCUT2D eigenvalue weighted by Gasteiger charge is 2.14. The Morgan fingerprint density at radius 2 is 2.08 bits per heavy atom. The Balaban J connectivity index is 1.75. The molecule has 0 saturated carbocycles. The summed E-state index contributed by atoms with van der Waals surface area (Å²) in [6, 6.07) is 7.48. The van der Waals surface area contributed by atoms with Gasteiger partial charge in [0.2, 0.25) is 0 Å². The molecule has 0 unspecified atom stereocenters. The summed E-state index contributed by atoms with van der Waals surface area (Å²) in [5.74, 6) is 0.683. The van der Waals surface area contributed by atoms with E-state index in [9.17, 15) is 0 Å². The van der Waals surface area contributed by atoms with E-state index in [-0.39, 0.29) is 0 Å². The number of nitrogens with one attached hydrogen (secondary N) is 1. The molecule has 0 radical (unpaired) electrons. The van der Waals surface area contributed by atoms with Crippen LogP contribution < -0.4 is 0 Å². The second-order valence-corrected chi connectivity index (χ2v) is 5.53. The number of rotatable bonds is 5. The van der Waals surface area contributed by atoms with E-state index < -0.39 is 0 Å². The maximum Gasteiger partial charge on any atom is 0.162 e. The monoisotopic (exact) mass is 332 g/mol. The lowest BCUT2D eigenvalue weighted by Gasteiger charge is -2.10. The van der Waals surface area contributed by atoms with Crippen LogP contribution in [0.5, 0.6) is 0 Å². The average Bonchev–Trinajstić information content (AvgIpc) is 3.31. The summed E-state index contributed by atoms with van der Waals surface area (Å²) in [4.78, 5) is 13.3. The van der Waals surface area contributed by atoms with Gasteiger partial charge < -0.3 is 5.41 Å². The molecule has 4 aromatic rings. The highest BCUT2D eigenvalue weighted by atomic mass is 15.3. The van der Waals surface area contributed by atoms with Gasteiger partial charge in [-0.25, -0.2) is 24.1 Å². The second kappa shape index (κ2) is 6.23. The number of hydrogen-bond donors (Lipinski definition) is 1. The molecule has 0 aliphatic heterocycles. The molecule has 0 aromatic carbocycles. The first-order valence-corrected chi connectivity index (χ1v) is 7.97. The molecule has 0 spiro atoms. The number of hydrogen-bond acceptors (Lipinski definition) is 6. The topological polar surface area (TPSA) is 97.6 Å². The van der Waals surface area contributed by atoms with E-state index >= 15 is 0 Å². The summed E-state index contributed by atoms with van der Waals surface area (Å²) >= 11 is 0. The Morgan fingerprint density at radius 1 is 1.16 bits per heavy atom. The van der Waals surface area contributed by atoms with Crippen molar-refractivity contribution in [2.24, 2.45) is 0 Å². The van der Waals surface area contributed by atoms with Gasteiger partial charge in [0.1, 0.15) is 12.7 Å². The van der Waals surface area contributed by atoms with Crippen molar-refractivity contribution in [1.29, 1.82) is 5.41 Å². The van der Waals surface area contributed by atoms with E-state index in [2.05, 4.69) is 32.1 Å². The Hall–Kier alpha value is -3.42. The first-order chi connectivity index (χ1) is 12.3. The first kappa shape index (κ1) is 15.1. The van der Waals surface area contributed by atoms with Gasteiger partial charge in [-0.05, 0) is 24.6 Å². The Bertz CT molecular complexity index is 1050. The third kappa shape index (κ3) is 2.67. The number of pyridine rings is 1. The molecule has 0 saturated heterocycles. The maximum atomic E-state index is 7.37. The zero-order valence-electron chi connectivity index (χ0n) is 13.7. The molecule has 8 heteroatoms. The van der Waals surface area contributed by atoms with Crippen LogP contribution in [0.2, 0.25) is 0 Å². The molecule has 4 rings (SSSR count). The van der Waals surface area contributed by atoms with Gasteiger partial charge in [-0.3, -0.25) is 0 Å². The normalized spacial score (nSPS) is 11.1. The first-order valence-electron chi connectivity index (χ1n) is 7.97. The lowest BCUT2D eigenvalue weighted by Crippen LogP contribution is -2.09. The number of aromatic nitrogens is 7. The summed E-state index contributed by atoms with van der Waals surface area (Å²) in [6.45, 7) is 2.08. The van der Waals surface area contributed by atoms with E-state index in [1.807, 2.05) is 18.2 Å². The van der Waals surface area contributed by atoms with Crippen molar-refractivity contribution in [3.05, 3.63) is 65.8 Å². The zero-order chi connectivity index (χ0) is 17.2. The van der Waals surface area contributed by atoms with Gasteiger partial charge in [0, 0.05) is 24.4 Å². The van der Waals surface area contributed by atoms with Crippen molar-refractivity contribution in [2.75, 3.05) is 0 Å². The molecule has 0 aliphatic carbocycles. The van der Waals surface area contributed by atoms with Crippen LogP contribution >= 0.6 is 0 Å². The van der Waals surface area contributed by atoms with Crippen molar-refractivity contribution in [3.63, 3.8) is 0 Å². The van der Waals surface area contributed by atoms with Crippen LogP contribution in [0.4, 0.5) is 0 Å². The molecule has 0 fully saturated rings. The van der Waals surface area contributed by atoms with E-state index in [0.717, 1.165) is 29.0 Å². The van der Waals surface area contributed by atoms with Crippen LogP contribution in [0.15, 0.2) is 43.1 Å². The maximum absolute atomic E-state index is 7.37. The fourth-order valence-electron chi connectivity index (χ4n) is 2.88. The smallest absolute Gasteiger partial charge is 0.162 e. The Labute approximate surface area is 143 Å². The van der Waals surface area contributed by atoms with Gasteiger partial charge in [-0.2, -0.15) is 10.2 Å². The molecule has 4 heterocycles. The molecular weight excluding hydrogens is 316 g/mol. The second-order valence-electron chi connectivity index (χ2n) is 5.53. The summed E-state index contributed by atoms with van der Waals surface area (Å²) in [5, 5.41) is 15.9. The van der Waals surface area contributed by atoms with Crippen LogP contribution in [0.25, 0.3) is 11.5 Å². The predicted octanol–water partition coefficient (Wildman–Crippen LogP) is 1.86. The van der Waals surface area contributed by atoms with Crippen LogP contribution in [-0.2, 0) is 12.8 Å². The fraction of sp³-hybridized carbons (Fsp3) is 0.176. The van der Waals surface area contributed by atoms with E-state index in [0.29, 0.717) is 17.9 Å². The lowest BCUT2D eigenvalue weighted by molar-refractivity contribution is 0.781. The van der Waals surface area contributed by atoms with Crippen LogP contribution in [0, 0.1) is 5.41 Å². The van der Waals surface area contributed by atoms with E-state index in [1.54, 1.807) is 27.8 Å². The van der Waals surface area contributed by atoms with Gasteiger partial charge in [0.15, 0.2) is 11.5 Å². The van der Waals surface area contributed by atoms with Crippen LogP contribution in [-0.4, -0.2) is 40.6 Å². The highest BCUT2D eigenvalue weighted by molar-refractivity contribution is 5.74. The summed E-state index contributed by atoms with van der Waals surface area (Å²) < 4.78 is 3.47. The predicted molar refractivity (Wildman–Crippen MR) is 92.2 cm³/mol. The minimum Gasteiger partial charge on any atom is -0.307 e. The number of nitrogens with zero attached hydrogens (tertiary/aromatic N) is 7. The molecule has 0 bridgehead atoms. The van der Waals surface area contributed by atoms with Gasteiger partial charge in [0.05, 0.1) is 17.1 Å². The van der Waals surface area contributed by atoms with Gasteiger partial charge in [0.25, 0.3) is 0 Å². The molecule has 124 valence electrons. The molecule has 0 aliphatic rings. The average molecular weight is 332 g/mol. The molecular formula is C17H16N8. The van der Waals surface area contributed by atoms with Gasteiger partial charge >= 0.3 is 0 Å². The van der Waals surface area contributed by atoms with E-state index in [4.69, 9.17) is 5.41 Å². The minimum atomic E-state index is 0.594. The standard InChI is InChI=1S/C17H16N8/c1-2-14-15(20-11-24-17(14)19-10-22-24)8-13-6-7-21-25(13)16-5-3-4-12(9-18)23-16/h3-7,9-11,18H,2,8H2,1H3. The van der Waals surface area contributed by atoms with Crippen molar-refractivity contribution in [1.82, 2.24) is 34.3 Å². The fourth-order valence-corrected chi connectivity index (χ4v) is 2.88. The molecule has 4 aromatic heterocycles. The Kier molecular flexibility index (Phi) is 3.77. The molecule has 1 N–H and O–H groups in total. The van der Waals surface area contributed by atoms with Crippen molar-refractivity contribution in [3.8, 4) is 5.82 Å². The van der Waals surface area contributed by atoms with Crippen molar-refractivity contribution < 1.29 is 0 Å². The third-order valence-electron chi connectivity index (χ3n) is 4.06. The van der Waals surface area contributed by atoms with E-state index in [1.165, 1.54) is 12.5 Å². The van der Waals surface area contributed by atoms with Gasteiger partial charge in [-0.15, -0.1) is 0 Å². The lowest BCUT2D eigenvalue weighted by atomic mass is 10.1. The largest absolute Gasteiger partial charge is 0.307 e. The molecule has 8 nitrogen and oxygen atoms in total. The van der Waals surface area contributed by atoms with Crippen LogP contribution in [0.1, 0.15) is 29.6 Å². The number of fused-ring (bicyclic) bond motifs is 1. The minimum absolute atomic E-state index is 0.594. The molecule has 25 heavy (non-hydrogen) atoms. The zero-order valence-corrected chi connectivity index (χ0v) is 13.7. The molecule has 0 amide bonds.